The van der Waals surface area contributed by atoms with Crippen molar-refractivity contribution in [2.45, 2.75) is 51.6 Å². The summed E-state index contributed by atoms with van der Waals surface area (Å²) in [6, 6.07) is 0. The average molecular weight is 269 g/mol. The first kappa shape index (κ1) is 14.3. The molecule has 2 aliphatic rings. The number of carboxylic acids is 1. The minimum Gasteiger partial charge on any atom is -0.481 e. The van der Waals surface area contributed by atoms with E-state index < -0.39 is 11.4 Å². The Kier molecular flexibility index (Phi) is 4.45. The molecule has 0 aromatic carbocycles. The van der Waals surface area contributed by atoms with Crippen LogP contribution in [0.4, 0.5) is 0 Å². The Morgan fingerprint density at radius 2 is 2.21 bits per heavy atom. The smallest absolute Gasteiger partial charge is 0.311 e. The molecule has 2 rings (SSSR count). The van der Waals surface area contributed by atoms with Gasteiger partial charge in [0, 0.05) is 19.7 Å². The summed E-state index contributed by atoms with van der Waals surface area (Å²) in [5, 5.41) is 9.44. The van der Waals surface area contributed by atoms with Crippen LogP contribution in [0.25, 0.3) is 0 Å². The predicted molar refractivity (Wildman–Crippen MR) is 69.8 cm³/mol. The van der Waals surface area contributed by atoms with E-state index in [4.69, 9.17) is 4.74 Å². The molecule has 2 unspecified atom stereocenters. The zero-order valence-corrected chi connectivity index (χ0v) is 11.6. The molecule has 1 amide bonds. The van der Waals surface area contributed by atoms with Crippen LogP contribution in [-0.4, -0.2) is 47.7 Å². The topological polar surface area (TPSA) is 66.8 Å². The first-order chi connectivity index (χ1) is 9.09. The molecule has 0 bridgehead atoms. The highest BCUT2D eigenvalue weighted by molar-refractivity contribution is 5.83. The van der Waals surface area contributed by atoms with Crippen molar-refractivity contribution in [2.75, 3.05) is 19.7 Å². The molecule has 5 nitrogen and oxygen atoms in total. The summed E-state index contributed by atoms with van der Waals surface area (Å²) >= 11 is 0. The third kappa shape index (κ3) is 2.91. The summed E-state index contributed by atoms with van der Waals surface area (Å²) in [6.07, 6.45) is 4.48. The van der Waals surface area contributed by atoms with E-state index in [9.17, 15) is 14.7 Å². The second-order valence-corrected chi connectivity index (χ2v) is 5.70. The van der Waals surface area contributed by atoms with Crippen LogP contribution in [0.2, 0.25) is 0 Å². The summed E-state index contributed by atoms with van der Waals surface area (Å²) in [6.45, 7) is 3.52. The van der Waals surface area contributed by atoms with Gasteiger partial charge in [-0.1, -0.05) is 13.3 Å². The quantitative estimate of drug-likeness (QED) is 0.843. The van der Waals surface area contributed by atoms with E-state index in [1.807, 2.05) is 6.92 Å². The molecule has 0 saturated carbocycles. The van der Waals surface area contributed by atoms with Gasteiger partial charge in [0.05, 0.1) is 5.41 Å². The summed E-state index contributed by atoms with van der Waals surface area (Å²) in [5.41, 5.74) is -0.737. The summed E-state index contributed by atoms with van der Waals surface area (Å²) in [4.78, 5) is 25.5. The van der Waals surface area contributed by atoms with Gasteiger partial charge in [-0.15, -0.1) is 0 Å². The molecule has 0 aliphatic carbocycles. The number of amides is 1. The number of carbonyl (C=O) groups excluding carboxylic acids is 1. The predicted octanol–water partition coefficient (Wildman–Crippen LogP) is 1.66. The number of nitrogens with zero attached hydrogens (tertiary/aromatic N) is 1. The molecule has 19 heavy (non-hydrogen) atoms. The van der Waals surface area contributed by atoms with E-state index in [2.05, 4.69) is 0 Å². The minimum atomic E-state index is -0.769. The van der Waals surface area contributed by atoms with Crippen LogP contribution >= 0.6 is 0 Å². The Morgan fingerprint density at radius 1 is 1.42 bits per heavy atom. The van der Waals surface area contributed by atoms with Crippen molar-refractivity contribution < 1.29 is 19.4 Å². The third-order valence-electron chi connectivity index (χ3n) is 4.30. The number of carboxylic acid groups (broad SMARTS) is 1. The highest BCUT2D eigenvalue weighted by Gasteiger charge is 2.46. The average Bonchev–Trinajstić information content (AvgIpc) is 2.85. The molecule has 2 heterocycles. The van der Waals surface area contributed by atoms with Crippen molar-refractivity contribution >= 4 is 11.9 Å². The molecule has 0 spiro atoms. The standard InChI is InChI=1S/C14H23NO4/c1-2-6-14(13(17)18)7-8-15(10-14)12(16)11-5-3-4-9-19-11/h11H,2-10H2,1H3,(H,17,18). The molecule has 0 aromatic rings. The Bertz CT molecular complexity index is 351. The van der Waals surface area contributed by atoms with E-state index in [0.29, 0.717) is 32.5 Å². The normalized spacial score (nSPS) is 31.4. The van der Waals surface area contributed by atoms with Crippen LogP contribution in [0.1, 0.15) is 45.4 Å². The van der Waals surface area contributed by atoms with E-state index in [0.717, 1.165) is 25.7 Å². The number of hydrogen-bond acceptors (Lipinski definition) is 3. The fourth-order valence-corrected chi connectivity index (χ4v) is 3.16. The monoisotopic (exact) mass is 269 g/mol. The lowest BCUT2D eigenvalue weighted by Crippen LogP contribution is -2.43. The van der Waals surface area contributed by atoms with Crippen molar-refractivity contribution in [2.24, 2.45) is 5.41 Å². The Morgan fingerprint density at radius 3 is 2.79 bits per heavy atom. The summed E-state index contributed by atoms with van der Waals surface area (Å²) in [5.74, 6) is -0.784. The van der Waals surface area contributed by atoms with Crippen LogP contribution in [0, 0.1) is 5.41 Å². The molecule has 108 valence electrons. The molecule has 0 aromatic heterocycles. The lowest BCUT2D eigenvalue weighted by molar-refractivity contribution is -0.151. The van der Waals surface area contributed by atoms with Gasteiger partial charge in [-0.2, -0.15) is 0 Å². The maximum Gasteiger partial charge on any atom is 0.311 e. The zero-order chi connectivity index (χ0) is 13.9. The van der Waals surface area contributed by atoms with E-state index in [1.54, 1.807) is 4.90 Å². The van der Waals surface area contributed by atoms with Crippen LogP contribution in [0.5, 0.6) is 0 Å². The van der Waals surface area contributed by atoms with Crippen LogP contribution in [-0.2, 0) is 14.3 Å². The van der Waals surface area contributed by atoms with E-state index in [-0.39, 0.29) is 12.0 Å². The molecular weight excluding hydrogens is 246 g/mol. The van der Waals surface area contributed by atoms with Crippen LogP contribution in [0.15, 0.2) is 0 Å². The fourth-order valence-electron chi connectivity index (χ4n) is 3.16. The Labute approximate surface area is 113 Å². The van der Waals surface area contributed by atoms with Gasteiger partial charge in [-0.25, -0.2) is 0 Å². The maximum atomic E-state index is 12.3. The molecule has 5 heteroatoms. The lowest BCUT2D eigenvalue weighted by atomic mass is 9.83. The van der Waals surface area contributed by atoms with Gasteiger partial charge in [0.1, 0.15) is 6.10 Å². The zero-order valence-electron chi connectivity index (χ0n) is 11.6. The first-order valence-corrected chi connectivity index (χ1v) is 7.23. The van der Waals surface area contributed by atoms with Gasteiger partial charge in [-0.3, -0.25) is 9.59 Å². The number of carbonyl (C=O) groups is 2. The second-order valence-electron chi connectivity index (χ2n) is 5.70. The number of ether oxygens (including phenoxy) is 1. The molecule has 2 saturated heterocycles. The van der Waals surface area contributed by atoms with Crippen molar-refractivity contribution in [3.8, 4) is 0 Å². The van der Waals surface area contributed by atoms with Gasteiger partial charge in [0.2, 0.25) is 0 Å². The van der Waals surface area contributed by atoms with Crippen molar-refractivity contribution in [1.29, 1.82) is 0 Å². The number of likely N-dealkylation sites (tertiary alicyclic amines) is 1. The number of aliphatic carboxylic acids is 1. The van der Waals surface area contributed by atoms with Crippen LogP contribution in [0.3, 0.4) is 0 Å². The molecule has 1 N–H and O–H groups in total. The van der Waals surface area contributed by atoms with Gasteiger partial charge in [-0.05, 0) is 32.1 Å². The number of hydrogen-bond donors (Lipinski definition) is 1. The summed E-state index contributed by atoms with van der Waals surface area (Å²) < 4.78 is 5.50. The largest absolute Gasteiger partial charge is 0.481 e. The minimum absolute atomic E-state index is 0.0149. The van der Waals surface area contributed by atoms with Crippen molar-refractivity contribution in [3.05, 3.63) is 0 Å². The molecule has 0 radical (unpaired) electrons. The Balaban J connectivity index is 1.99. The van der Waals surface area contributed by atoms with E-state index in [1.165, 1.54) is 0 Å². The van der Waals surface area contributed by atoms with Gasteiger partial charge >= 0.3 is 5.97 Å². The fraction of sp³-hybridized carbons (Fsp3) is 0.857. The third-order valence-corrected chi connectivity index (χ3v) is 4.30. The Hall–Kier alpha value is -1.10. The van der Waals surface area contributed by atoms with Crippen molar-refractivity contribution in [1.82, 2.24) is 4.90 Å². The second kappa shape index (κ2) is 5.90. The molecule has 2 aliphatic heterocycles. The van der Waals surface area contributed by atoms with Gasteiger partial charge in [0.25, 0.3) is 5.91 Å². The van der Waals surface area contributed by atoms with E-state index >= 15 is 0 Å². The highest BCUT2D eigenvalue weighted by Crippen LogP contribution is 2.36. The van der Waals surface area contributed by atoms with Gasteiger partial charge < -0.3 is 14.7 Å². The summed E-state index contributed by atoms with van der Waals surface area (Å²) in [7, 11) is 0. The van der Waals surface area contributed by atoms with Crippen molar-refractivity contribution in [3.63, 3.8) is 0 Å². The lowest BCUT2D eigenvalue weighted by Gasteiger charge is -2.28. The number of rotatable bonds is 4. The highest BCUT2D eigenvalue weighted by atomic mass is 16.5. The molecular formula is C14H23NO4. The molecule has 2 atom stereocenters. The SMILES string of the molecule is CCCC1(C(=O)O)CCN(C(=O)C2CCCCO2)C1. The van der Waals surface area contributed by atoms with Crippen LogP contribution < -0.4 is 0 Å². The first-order valence-electron chi connectivity index (χ1n) is 7.23. The molecule has 2 fully saturated rings. The maximum absolute atomic E-state index is 12.3. The van der Waals surface area contributed by atoms with Gasteiger partial charge in [0.15, 0.2) is 0 Å².